The molecule has 13 heteroatoms. The van der Waals surface area contributed by atoms with Crippen molar-refractivity contribution in [3.05, 3.63) is 72.8 Å². The van der Waals surface area contributed by atoms with Crippen LogP contribution >= 0.6 is 23.2 Å². The summed E-state index contributed by atoms with van der Waals surface area (Å²) in [6.07, 6.45) is -4.72. The summed E-state index contributed by atoms with van der Waals surface area (Å²) < 4.78 is 45.9. The van der Waals surface area contributed by atoms with Crippen molar-refractivity contribution in [1.82, 2.24) is 24.3 Å². The summed E-state index contributed by atoms with van der Waals surface area (Å²) in [6.45, 7) is -0.402. The molecular formula is C18H10Cl2F3N5O3. The third-order valence-corrected chi connectivity index (χ3v) is 4.95. The van der Waals surface area contributed by atoms with E-state index in [1.165, 1.54) is 13.1 Å². The van der Waals surface area contributed by atoms with Crippen LogP contribution in [0.25, 0.3) is 22.5 Å². The Bertz CT molecular complexity index is 1440. The van der Waals surface area contributed by atoms with Gasteiger partial charge in [-0.1, -0.05) is 23.2 Å². The van der Waals surface area contributed by atoms with Gasteiger partial charge < -0.3 is 4.42 Å². The van der Waals surface area contributed by atoms with Gasteiger partial charge in [0.15, 0.2) is 0 Å². The Morgan fingerprint density at radius 1 is 1.10 bits per heavy atom. The van der Waals surface area contributed by atoms with Crippen LogP contribution in [0.3, 0.4) is 0 Å². The topological polar surface area (TPSA) is 95.8 Å². The molecule has 31 heavy (non-hydrogen) atoms. The highest BCUT2D eigenvalue weighted by Gasteiger charge is 2.33. The lowest BCUT2D eigenvalue weighted by molar-refractivity contribution is -0.141. The molecule has 0 aliphatic carbocycles. The van der Waals surface area contributed by atoms with Crippen molar-refractivity contribution in [3.8, 4) is 11.5 Å². The molecule has 1 aromatic carbocycles. The second-order valence-corrected chi connectivity index (χ2v) is 7.27. The normalized spacial score (nSPS) is 11.9. The summed E-state index contributed by atoms with van der Waals surface area (Å²) in [5, 5.41) is 8.15. The maximum absolute atomic E-state index is 12.9. The molecule has 0 amide bonds. The van der Waals surface area contributed by atoms with Crippen molar-refractivity contribution in [3.63, 3.8) is 0 Å². The standard InChI is InChI=1S/C18H10Cl2F3N5O3/c1-27-14-10(4-5-12(24-14)18(21,22)23)16(29)28(17(27)30)7-13-25-26-15(31-13)9-3-2-8(19)6-11(9)20/h2-6H,7H2,1H3. The number of fused-ring (bicyclic) bond motifs is 1. The molecule has 0 N–H and O–H groups in total. The monoisotopic (exact) mass is 471 g/mol. The number of rotatable bonds is 3. The maximum atomic E-state index is 12.9. The zero-order valence-electron chi connectivity index (χ0n) is 15.4. The second kappa shape index (κ2) is 7.50. The summed E-state index contributed by atoms with van der Waals surface area (Å²) in [4.78, 5) is 28.8. The molecule has 0 bridgehead atoms. The molecule has 0 unspecified atom stereocenters. The Kier molecular flexibility index (Phi) is 5.10. The van der Waals surface area contributed by atoms with Crippen molar-refractivity contribution in [2.45, 2.75) is 12.7 Å². The molecular weight excluding hydrogens is 462 g/mol. The van der Waals surface area contributed by atoms with E-state index in [1.54, 1.807) is 12.1 Å². The molecule has 0 aliphatic rings. The second-order valence-electron chi connectivity index (χ2n) is 6.42. The molecule has 0 fully saturated rings. The summed E-state index contributed by atoms with van der Waals surface area (Å²) in [5.74, 6) is -0.0433. The first-order valence-corrected chi connectivity index (χ1v) is 9.27. The van der Waals surface area contributed by atoms with E-state index in [9.17, 15) is 22.8 Å². The van der Waals surface area contributed by atoms with Gasteiger partial charge in [-0.2, -0.15) is 13.2 Å². The SMILES string of the molecule is Cn1c(=O)n(Cc2nnc(-c3ccc(Cl)cc3Cl)o2)c(=O)c2ccc(C(F)(F)F)nc21. The summed E-state index contributed by atoms with van der Waals surface area (Å²) >= 11 is 12.0. The van der Waals surface area contributed by atoms with Crippen LogP contribution < -0.4 is 11.2 Å². The first-order valence-electron chi connectivity index (χ1n) is 8.52. The van der Waals surface area contributed by atoms with E-state index in [2.05, 4.69) is 15.2 Å². The van der Waals surface area contributed by atoms with Gasteiger partial charge in [-0.05, 0) is 30.3 Å². The van der Waals surface area contributed by atoms with E-state index in [0.717, 1.165) is 15.2 Å². The van der Waals surface area contributed by atoms with Crippen molar-refractivity contribution < 1.29 is 17.6 Å². The largest absolute Gasteiger partial charge is 0.433 e. The quantitative estimate of drug-likeness (QED) is 0.453. The van der Waals surface area contributed by atoms with Gasteiger partial charge >= 0.3 is 11.9 Å². The summed E-state index contributed by atoms with van der Waals surface area (Å²) in [5.41, 5.74) is -2.95. The third-order valence-electron chi connectivity index (χ3n) is 4.40. The maximum Gasteiger partial charge on any atom is 0.433 e. The van der Waals surface area contributed by atoms with Gasteiger partial charge in [-0.15, -0.1) is 10.2 Å². The van der Waals surface area contributed by atoms with Crippen LogP contribution in [0.1, 0.15) is 11.6 Å². The Labute approximate surface area is 180 Å². The Morgan fingerprint density at radius 2 is 1.84 bits per heavy atom. The number of nitrogens with zero attached hydrogens (tertiary/aromatic N) is 5. The number of alkyl halides is 3. The molecule has 3 aromatic heterocycles. The lowest BCUT2D eigenvalue weighted by Crippen LogP contribution is -2.39. The molecule has 4 rings (SSSR count). The van der Waals surface area contributed by atoms with Crippen LogP contribution in [0.2, 0.25) is 10.0 Å². The smallest absolute Gasteiger partial charge is 0.419 e. The minimum atomic E-state index is -4.72. The zero-order chi connectivity index (χ0) is 22.5. The van der Waals surface area contributed by atoms with Gasteiger partial charge in [0.05, 0.1) is 16.0 Å². The first kappa shape index (κ1) is 21.1. The molecule has 160 valence electrons. The number of aryl methyl sites for hydroxylation is 1. The van der Waals surface area contributed by atoms with E-state index in [4.69, 9.17) is 27.6 Å². The highest BCUT2D eigenvalue weighted by Crippen LogP contribution is 2.30. The Balaban J connectivity index is 1.77. The number of pyridine rings is 1. The van der Waals surface area contributed by atoms with Gasteiger partial charge in [0.1, 0.15) is 17.9 Å². The minimum Gasteiger partial charge on any atom is -0.419 e. The molecule has 3 heterocycles. The van der Waals surface area contributed by atoms with Crippen LogP contribution in [0.15, 0.2) is 44.3 Å². The van der Waals surface area contributed by atoms with E-state index in [1.807, 2.05) is 0 Å². The molecule has 0 aliphatic heterocycles. The predicted octanol–water partition coefficient (Wildman–Crippen LogP) is 3.52. The zero-order valence-corrected chi connectivity index (χ0v) is 17.0. The lowest BCUT2D eigenvalue weighted by atomic mass is 10.2. The molecule has 4 aromatic rings. The van der Waals surface area contributed by atoms with Crippen LogP contribution in [0.5, 0.6) is 0 Å². The van der Waals surface area contributed by atoms with Gasteiger partial charge in [0.2, 0.25) is 11.8 Å². The number of hydrogen-bond donors (Lipinski definition) is 0. The highest BCUT2D eigenvalue weighted by atomic mass is 35.5. The number of benzene rings is 1. The molecule has 0 spiro atoms. The summed E-state index contributed by atoms with van der Waals surface area (Å²) in [6, 6.07) is 6.25. The highest BCUT2D eigenvalue weighted by molar-refractivity contribution is 6.36. The minimum absolute atomic E-state index is 0.0406. The van der Waals surface area contributed by atoms with E-state index < -0.39 is 29.7 Å². The van der Waals surface area contributed by atoms with E-state index in [0.29, 0.717) is 16.7 Å². The molecule has 0 atom stereocenters. The number of halogens is 5. The summed E-state index contributed by atoms with van der Waals surface area (Å²) in [7, 11) is 1.21. The lowest BCUT2D eigenvalue weighted by Gasteiger charge is -2.11. The number of aromatic nitrogens is 5. The van der Waals surface area contributed by atoms with Crippen molar-refractivity contribution >= 4 is 34.2 Å². The van der Waals surface area contributed by atoms with Crippen LogP contribution in [-0.2, 0) is 19.8 Å². The van der Waals surface area contributed by atoms with Crippen molar-refractivity contribution in [2.24, 2.45) is 7.05 Å². The van der Waals surface area contributed by atoms with Gasteiger partial charge in [0, 0.05) is 12.1 Å². The molecule has 8 nitrogen and oxygen atoms in total. The Hall–Kier alpha value is -3.18. The van der Waals surface area contributed by atoms with E-state index >= 15 is 0 Å². The average molecular weight is 472 g/mol. The molecule has 0 radical (unpaired) electrons. The molecule has 0 saturated heterocycles. The fraction of sp³-hybridized carbons (Fsp3) is 0.167. The predicted molar refractivity (Wildman–Crippen MR) is 105 cm³/mol. The van der Waals surface area contributed by atoms with Crippen molar-refractivity contribution in [1.29, 1.82) is 0 Å². The van der Waals surface area contributed by atoms with E-state index in [-0.39, 0.29) is 27.8 Å². The number of hydrogen-bond acceptors (Lipinski definition) is 6. The van der Waals surface area contributed by atoms with Crippen LogP contribution in [-0.4, -0.2) is 24.3 Å². The van der Waals surface area contributed by atoms with Crippen LogP contribution in [0, 0.1) is 0 Å². The average Bonchev–Trinajstić information content (AvgIpc) is 3.16. The van der Waals surface area contributed by atoms with Crippen molar-refractivity contribution in [2.75, 3.05) is 0 Å². The fourth-order valence-corrected chi connectivity index (χ4v) is 3.39. The van der Waals surface area contributed by atoms with Gasteiger partial charge in [0.25, 0.3) is 5.56 Å². The first-order chi connectivity index (χ1) is 14.6. The Morgan fingerprint density at radius 3 is 2.52 bits per heavy atom. The molecule has 0 saturated carbocycles. The van der Waals surface area contributed by atoms with Gasteiger partial charge in [-0.25, -0.2) is 9.78 Å². The van der Waals surface area contributed by atoms with Gasteiger partial charge in [-0.3, -0.25) is 13.9 Å². The fourth-order valence-electron chi connectivity index (χ4n) is 2.90. The van der Waals surface area contributed by atoms with Crippen LogP contribution in [0.4, 0.5) is 13.2 Å². The third kappa shape index (κ3) is 3.81.